The largest absolute Gasteiger partial charge is 0.473 e. The maximum atomic E-state index is 14.1. The zero-order valence-electron chi connectivity index (χ0n) is 26.5. The Hall–Kier alpha value is -5.22. The van der Waals surface area contributed by atoms with Gasteiger partial charge in [-0.3, -0.25) is 4.79 Å². The summed E-state index contributed by atoms with van der Waals surface area (Å²) in [5.74, 6) is 0.148. The molecule has 234 valence electrons. The topological polar surface area (TPSA) is 35.5 Å². The van der Waals surface area contributed by atoms with Crippen LogP contribution in [0.15, 0.2) is 140 Å². The van der Waals surface area contributed by atoms with E-state index in [0.717, 1.165) is 63.4 Å². The number of rotatable bonds is 9. The smallest absolute Gasteiger partial charge is 0.307 e. The van der Waals surface area contributed by atoms with E-state index in [1.807, 2.05) is 72.8 Å². The predicted octanol–water partition coefficient (Wildman–Crippen LogP) is 10.7. The van der Waals surface area contributed by atoms with Crippen molar-refractivity contribution in [1.82, 2.24) is 0 Å². The molecule has 2 aliphatic rings. The lowest BCUT2D eigenvalue weighted by molar-refractivity contribution is -0.156. The average Bonchev–Trinajstić information content (AvgIpc) is 3.12. The SMILES string of the molecule is CCCCCC(=O)OC1(c2cc3c(c4ccccc24)C=CC(c2ccccc2)(c2ccc(F)cc2)O3)C=CC(c2ccccc2)=CC1. The van der Waals surface area contributed by atoms with Crippen LogP contribution >= 0.6 is 0 Å². The lowest BCUT2D eigenvalue weighted by Crippen LogP contribution is -2.35. The molecule has 1 aliphatic heterocycles. The summed E-state index contributed by atoms with van der Waals surface area (Å²) < 4.78 is 27.8. The number of fused-ring (bicyclic) bond motifs is 3. The summed E-state index contributed by atoms with van der Waals surface area (Å²) in [6.45, 7) is 2.13. The van der Waals surface area contributed by atoms with Gasteiger partial charge in [0.05, 0.1) is 0 Å². The minimum absolute atomic E-state index is 0.216. The van der Waals surface area contributed by atoms with Crippen molar-refractivity contribution >= 4 is 28.4 Å². The first-order chi connectivity index (χ1) is 23.0. The van der Waals surface area contributed by atoms with Crippen LogP contribution in [0.5, 0.6) is 5.75 Å². The number of carbonyl (C=O) groups is 1. The Kier molecular flexibility index (Phi) is 8.34. The molecule has 0 aromatic heterocycles. The molecule has 0 N–H and O–H groups in total. The van der Waals surface area contributed by atoms with Crippen molar-refractivity contribution in [1.29, 1.82) is 0 Å². The highest BCUT2D eigenvalue weighted by Crippen LogP contribution is 2.49. The zero-order valence-corrected chi connectivity index (χ0v) is 26.5. The lowest BCUT2D eigenvalue weighted by Gasteiger charge is -2.38. The van der Waals surface area contributed by atoms with E-state index in [9.17, 15) is 9.18 Å². The summed E-state index contributed by atoms with van der Waals surface area (Å²) in [6, 6.07) is 37.0. The number of esters is 1. The molecule has 0 spiro atoms. The molecule has 1 aliphatic carbocycles. The van der Waals surface area contributed by atoms with Crippen molar-refractivity contribution in [2.75, 3.05) is 0 Å². The van der Waals surface area contributed by atoms with Gasteiger partial charge in [-0.15, -0.1) is 0 Å². The Morgan fingerprint density at radius 2 is 1.47 bits per heavy atom. The molecule has 5 aromatic carbocycles. The zero-order chi connectivity index (χ0) is 32.3. The van der Waals surface area contributed by atoms with E-state index in [-0.39, 0.29) is 11.8 Å². The van der Waals surface area contributed by atoms with Gasteiger partial charge in [-0.25, -0.2) is 4.39 Å². The first-order valence-corrected chi connectivity index (χ1v) is 16.4. The minimum Gasteiger partial charge on any atom is -0.473 e. The van der Waals surface area contributed by atoms with Crippen molar-refractivity contribution in [3.63, 3.8) is 0 Å². The van der Waals surface area contributed by atoms with E-state index in [1.54, 1.807) is 12.1 Å². The van der Waals surface area contributed by atoms with Crippen LogP contribution in [0.2, 0.25) is 0 Å². The number of benzene rings is 5. The molecule has 0 fully saturated rings. The second-order valence-corrected chi connectivity index (χ2v) is 12.3. The maximum absolute atomic E-state index is 14.1. The first-order valence-electron chi connectivity index (χ1n) is 16.4. The van der Waals surface area contributed by atoms with Crippen LogP contribution in [0.3, 0.4) is 0 Å². The van der Waals surface area contributed by atoms with Crippen LogP contribution in [0.25, 0.3) is 22.4 Å². The molecule has 0 radical (unpaired) electrons. The quantitative estimate of drug-likeness (QED) is 0.121. The molecule has 7 rings (SSSR count). The number of hydrogen-bond donors (Lipinski definition) is 0. The van der Waals surface area contributed by atoms with Gasteiger partial charge < -0.3 is 9.47 Å². The van der Waals surface area contributed by atoms with E-state index in [1.165, 1.54) is 12.1 Å². The molecule has 0 amide bonds. The molecule has 2 unspecified atom stereocenters. The number of hydrogen-bond acceptors (Lipinski definition) is 3. The second-order valence-electron chi connectivity index (χ2n) is 12.3. The average molecular weight is 621 g/mol. The second kappa shape index (κ2) is 12.9. The Labute approximate surface area is 275 Å². The monoisotopic (exact) mass is 620 g/mol. The van der Waals surface area contributed by atoms with E-state index in [4.69, 9.17) is 9.47 Å². The fourth-order valence-electron chi connectivity index (χ4n) is 6.82. The fourth-order valence-corrected chi connectivity index (χ4v) is 6.82. The van der Waals surface area contributed by atoms with E-state index < -0.39 is 11.2 Å². The molecule has 2 atom stereocenters. The summed E-state index contributed by atoms with van der Waals surface area (Å²) >= 11 is 0. The summed E-state index contributed by atoms with van der Waals surface area (Å²) in [4.78, 5) is 13.5. The Balaban J connectivity index is 1.39. The predicted molar refractivity (Wildman–Crippen MR) is 187 cm³/mol. The number of halogens is 1. The highest BCUT2D eigenvalue weighted by Gasteiger charge is 2.41. The standard InChI is InChI=1S/C43H37FO3/c1-2-3-6-19-41(45)47-42(27-24-32(25-28-42)31-13-7-4-8-14-31)39-30-40-38(36-17-11-12-18-37(36)39)26-29-43(46-40,33-15-9-5-10-16-33)34-20-22-35(44)23-21-34/h4-5,7-18,20-27,29-30H,2-3,6,19,28H2,1H3. The number of ether oxygens (including phenoxy) is 2. The highest BCUT2D eigenvalue weighted by atomic mass is 19.1. The van der Waals surface area contributed by atoms with Crippen LogP contribution in [0.4, 0.5) is 4.39 Å². The van der Waals surface area contributed by atoms with Gasteiger partial charge in [0.15, 0.2) is 11.2 Å². The molecular weight excluding hydrogens is 583 g/mol. The van der Waals surface area contributed by atoms with Gasteiger partial charge >= 0.3 is 5.97 Å². The molecule has 1 heterocycles. The number of allylic oxidation sites excluding steroid dienone is 2. The van der Waals surface area contributed by atoms with Crippen molar-refractivity contribution in [2.24, 2.45) is 0 Å². The fraction of sp³-hybridized carbons (Fsp3) is 0.186. The van der Waals surface area contributed by atoms with Gasteiger partial charge in [0, 0.05) is 35.1 Å². The van der Waals surface area contributed by atoms with Gasteiger partial charge in [0.1, 0.15) is 11.6 Å². The number of unbranched alkanes of at least 4 members (excludes halogenated alkanes) is 2. The van der Waals surface area contributed by atoms with Crippen LogP contribution in [0.1, 0.15) is 66.8 Å². The van der Waals surface area contributed by atoms with Crippen LogP contribution < -0.4 is 4.74 Å². The normalized spacial score (nSPS) is 19.9. The van der Waals surface area contributed by atoms with Gasteiger partial charge in [-0.05, 0) is 64.8 Å². The molecule has 4 heteroatoms. The molecule has 0 bridgehead atoms. The van der Waals surface area contributed by atoms with E-state index in [0.29, 0.717) is 18.6 Å². The summed E-state index contributed by atoms with van der Waals surface area (Å²) in [5, 5.41) is 2.00. The summed E-state index contributed by atoms with van der Waals surface area (Å²) in [5.41, 5.74) is 3.72. The van der Waals surface area contributed by atoms with Gasteiger partial charge in [0.2, 0.25) is 0 Å². The Morgan fingerprint density at radius 3 is 2.17 bits per heavy atom. The summed E-state index contributed by atoms with van der Waals surface area (Å²) in [7, 11) is 0. The van der Waals surface area contributed by atoms with Crippen LogP contribution in [-0.2, 0) is 20.7 Å². The minimum atomic E-state index is -1.04. The van der Waals surface area contributed by atoms with Crippen LogP contribution in [-0.4, -0.2) is 5.97 Å². The van der Waals surface area contributed by atoms with Gasteiger partial charge in [0.25, 0.3) is 0 Å². The third-order valence-corrected chi connectivity index (χ3v) is 9.28. The summed E-state index contributed by atoms with van der Waals surface area (Å²) in [6.07, 6.45) is 14.1. The van der Waals surface area contributed by atoms with Crippen molar-refractivity contribution < 1.29 is 18.7 Å². The van der Waals surface area contributed by atoms with E-state index in [2.05, 4.69) is 55.5 Å². The molecule has 0 saturated carbocycles. The lowest BCUT2D eigenvalue weighted by atomic mass is 9.79. The van der Waals surface area contributed by atoms with Crippen molar-refractivity contribution in [3.05, 3.63) is 173 Å². The molecule has 0 saturated heterocycles. The maximum Gasteiger partial charge on any atom is 0.307 e. The molecular formula is C43H37FO3. The van der Waals surface area contributed by atoms with Gasteiger partial charge in [-0.2, -0.15) is 0 Å². The molecule has 5 aromatic rings. The van der Waals surface area contributed by atoms with Crippen molar-refractivity contribution in [2.45, 2.75) is 50.2 Å². The number of carbonyl (C=O) groups excluding carboxylic acids is 1. The molecule has 47 heavy (non-hydrogen) atoms. The third kappa shape index (κ3) is 5.81. The van der Waals surface area contributed by atoms with Crippen LogP contribution in [0, 0.1) is 5.82 Å². The highest BCUT2D eigenvalue weighted by molar-refractivity contribution is 5.97. The van der Waals surface area contributed by atoms with E-state index >= 15 is 0 Å². The Morgan fingerprint density at radius 1 is 0.787 bits per heavy atom. The van der Waals surface area contributed by atoms with Gasteiger partial charge in [-0.1, -0.05) is 129 Å². The van der Waals surface area contributed by atoms with Crippen molar-refractivity contribution in [3.8, 4) is 5.75 Å². The first kappa shape index (κ1) is 30.4. The molecule has 3 nitrogen and oxygen atoms in total. The third-order valence-electron chi connectivity index (χ3n) is 9.28. The Bertz CT molecular complexity index is 1990.